The molecule has 1 saturated carbocycles. The van der Waals surface area contributed by atoms with E-state index in [0.29, 0.717) is 6.42 Å². The van der Waals surface area contributed by atoms with Crippen LogP contribution in [0.1, 0.15) is 51.9 Å². The molecule has 0 saturated heterocycles. The molecule has 0 spiro atoms. The van der Waals surface area contributed by atoms with E-state index in [2.05, 4.69) is 11.8 Å². The monoisotopic (exact) mass is 273 g/mol. The minimum Gasteiger partial charge on any atom is -0.468 e. The molecule has 0 aromatic rings. The normalized spacial score (nSPS) is 19.7. The lowest BCUT2D eigenvalue weighted by molar-refractivity contribution is -0.146. The molecule has 4 heteroatoms. The van der Waals surface area contributed by atoms with E-state index in [1.54, 1.807) is 6.92 Å². The summed E-state index contributed by atoms with van der Waals surface area (Å²) in [6.45, 7) is 1.75. The molecule has 0 heterocycles. The van der Waals surface area contributed by atoms with Crippen LogP contribution in [0.25, 0.3) is 0 Å². The van der Waals surface area contributed by atoms with E-state index < -0.39 is 5.54 Å². The van der Waals surface area contributed by atoms with Gasteiger partial charge in [-0.05, 0) is 50.0 Å². The highest BCUT2D eigenvalue weighted by atomic mass is 32.2. The van der Waals surface area contributed by atoms with Crippen molar-refractivity contribution in [1.29, 1.82) is 0 Å². The second-order valence-electron chi connectivity index (χ2n) is 5.59. The number of rotatable bonds is 8. The minimum absolute atomic E-state index is 0.305. The van der Waals surface area contributed by atoms with Gasteiger partial charge in [0.05, 0.1) is 7.11 Å². The zero-order valence-electron chi connectivity index (χ0n) is 11.7. The zero-order chi connectivity index (χ0) is 13.4. The predicted molar refractivity (Wildman–Crippen MR) is 77.7 cm³/mol. The third-order valence-corrected chi connectivity index (χ3v) is 5.00. The molecule has 0 aliphatic heterocycles. The van der Waals surface area contributed by atoms with E-state index in [-0.39, 0.29) is 5.97 Å². The fraction of sp³-hybridized carbons (Fsp3) is 0.929. The summed E-state index contributed by atoms with van der Waals surface area (Å²) < 4.78 is 4.69. The van der Waals surface area contributed by atoms with Crippen LogP contribution in [-0.2, 0) is 9.53 Å². The number of hydrogen-bond donors (Lipinski definition) is 1. The summed E-state index contributed by atoms with van der Waals surface area (Å²) in [6.07, 6.45) is 8.56. The van der Waals surface area contributed by atoms with Crippen LogP contribution < -0.4 is 5.73 Å². The largest absolute Gasteiger partial charge is 0.468 e. The molecule has 3 nitrogen and oxygen atoms in total. The van der Waals surface area contributed by atoms with Crippen LogP contribution in [0.3, 0.4) is 0 Å². The van der Waals surface area contributed by atoms with E-state index in [0.717, 1.165) is 18.8 Å². The number of unbranched alkanes of at least 4 members (excludes halogenated alkanes) is 1. The Morgan fingerprint density at radius 3 is 2.67 bits per heavy atom. The van der Waals surface area contributed by atoms with Gasteiger partial charge in [-0.1, -0.05) is 19.3 Å². The topological polar surface area (TPSA) is 52.3 Å². The first-order valence-corrected chi connectivity index (χ1v) is 8.17. The van der Waals surface area contributed by atoms with Crippen LogP contribution >= 0.6 is 11.8 Å². The van der Waals surface area contributed by atoms with Crippen LogP contribution in [0, 0.1) is 5.92 Å². The van der Waals surface area contributed by atoms with E-state index in [1.807, 2.05) is 0 Å². The SMILES string of the molecule is COC(=O)C(C)(N)CCCCSCC1CCCC1. The Balaban J connectivity index is 1.99. The number of thioether (sulfide) groups is 1. The fourth-order valence-electron chi connectivity index (χ4n) is 2.46. The Hall–Kier alpha value is -0.220. The molecule has 0 aromatic carbocycles. The van der Waals surface area contributed by atoms with Crippen LogP contribution in [0.2, 0.25) is 0 Å². The van der Waals surface area contributed by atoms with Gasteiger partial charge in [0, 0.05) is 0 Å². The van der Waals surface area contributed by atoms with Crippen molar-refractivity contribution in [3.63, 3.8) is 0 Å². The fourth-order valence-corrected chi connectivity index (χ4v) is 3.70. The van der Waals surface area contributed by atoms with Crippen LogP contribution in [0.15, 0.2) is 0 Å². The molecule has 18 heavy (non-hydrogen) atoms. The highest BCUT2D eigenvalue weighted by molar-refractivity contribution is 7.99. The summed E-state index contributed by atoms with van der Waals surface area (Å²) in [7, 11) is 1.39. The first-order valence-electron chi connectivity index (χ1n) is 7.01. The maximum atomic E-state index is 11.4. The molecule has 0 radical (unpaired) electrons. The Morgan fingerprint density at radius 1 is 1.39 bits per heavy atom. The molecular weight excluding hydrogens is 246 g/mol. The van der Waals surface area contributed by atoms with Crippen molar-refractivity contribution < 1.29 is 9.53 Å². The second kappa shape index (κ2) is 8.05. The Labute approximate surface area is 115 Å². The summed E-state index contributed by atoms with van der Waals surface area (Å²) in [4.78, 5) is 11.4. The Bertz CT molecular complexity index is 250. The Kier molecular flexibility index (Phi) is 7.08. The van der Waals surface area contributed by atoms with Gasteiger partial charge in [-0.3, -0.25) is 4.79 Å². The maximum absolute atomic E-state index is 11.4. The summed E-state index contributed by atoms with van der Waals surface area (Å²) in [5, 5.41) is 0. The van der Waals surface area contributed by atoms with Crippen LogP contribution in [0.5, 0.6) is 0 Å². The molecule has 1 atom stereocenters. The third-order valence-electron chi connectivity index (χ3n) is 3.71. The lowest BCUT2D eigenvalue weighted by atomic mass is 9.97. The third kappa shape index (κ3) is 5.61. The van der Waals surface area contributed by atoms with Gasteiger partial charge in [0.2, 0.25) is 0 Å². The number of nitrogens with two attached hydrogens (primary N) is 1. The van der Waals surface area contributed by atoms with Crippen molar-refractivity contribution in [3.05, 3.63) is 0 Å². The van der Waals surface area contributed by atoms with Crippen molar-refractivity contribution in [2.24, 2.45) is 11.7 Å². The standard InChI is InChI=1S/C14H27NO2S/c1-14(15,13(16)17-2)9-5-6-10-18-11-12-7-3-4-8-12/h12H,3-11,15H2,1-2H3. The second-order valence-corrected chi connectivity index (χ2v) is 6.74. The summed E-state index contributed by atoms with van der Waals surface area (Å²) in [5.74, 6) is 3.16. The van der Waals surface area contributed by atoms with Gasteiger partial charge in [0.1, 0.15) is 5.54 Å². The molecule has 1 rings (SSSR count). The first-order chi connectivity index (χ1) is 8.56. The highest BCUT2D eigenvalue weighted by Gasteiger charge is 2.28. The average Bonchev–Trinajstić information content (AvgIpc) is 2.85. The van der Waals surface area contributed by atoms with Gasteiger partial charge in [-0.2, -0.15) is 11.8 Å². The van der Waals surface area contributed by atoms with Gasteiger partial charge in [-0.25, -0.2) is 0 Å². The van der Waals surface area contributed by atoms with Gasteiger partial charge in [0.25, 0.3) is 0 Å². The smallest absolute Gasteiger partial charge is 0.325 e. The summed E-state index contributed by atoms with van der Waals surface area (Å²) >= 11 is 2.06. The molecule has 1 aliphatic carbocycles. The maximum Gasteiger partial charge on any atom is 0.325 e. The van der Waals surface area contributed by atoms with E-state index in [9.17, 15) is 4.79 Å². The minimum atomic E-state index is -0.815. The van der Waals surface area contributed by atoms with Crippen molar-refractivity contribution in [3.8, 4) is 0 Å². The quantitative estimate of drug-likeness (QED) is 0.545. The van der Waals surface area contributed by atoms with E-state index in [4.69, 9.17) is 10.5 Å². The van der Waals surface area contributed by atoms with E-state index >= 15 is 0 Å². The van der Waals surface area contributed by atoms with Crippen molar-refractivity contribution >= 4 is 17.7 Å². The molecule has 106 valence electrons. The van der Waals surface area contributed by atoms with Gasteiger partial charge < -0.3 is 10.5 Å². The molecule has 1 unspecified atom stereocenters. The molecule has 0 aromatic heterocycles. The van der Waals surface area contributed by atoms with E-state index in [1.165, 1.54) is 44.3 Å². The van der Waals surface area contributed by atoms with Gasteiger partial charge in [-0.15, -0.1) is 0 Å². The lowest BCUT2D eigenvalue weighted by Crippen LogP contribution is -2.45. The summed E-state index contributed by atoms with van der Waals surface area (Å²) in [5.41, 5.74) is 5.09. The molecule has 0 bridgehead atoms. The highest BCUT2D eigenvalue weighted by Crippen LogP contribution is 2.28. The van der Waals surface area contributed by atoms with Crippen LogP contribution in [-0.4, -0.2) is 30.1 Å². The van der Waals surface area contributed by atoms with Crippen molar-refractivity contribution in [1.82, 2.24) is 0 Å². The molecule has 0 amide bonds. The molecule has 1 fully saturated rings. The Morgan fingerprint density at radius 2 is 2.06 bits per heavy atom. The zero-order valence-corrected chi connectivity index (χ0v) is 12.6. The number of methoxy groups -OCH3 is 1. The predicted octanol–water partition coefficient (Wildman–Crippen LogP) is 2.97. The molecule has 1 aliphatic rings. The molecule has 2 N–H and O–H groups in total. The van der Waals surface area contributed by atoms with Gasteiger partial charge >= 0.3 is 5.97 Å². The number of hydrogen-bond acceptors (Lipinski definition) is 4. The molecular formula is C14H27NO2S. The number of carbonyl (C=O) groups is 1. The van der Waals surface area contributed by atoms with Crippen LogP contribution in [0.4, 0.5) is 0 Å². The average molecular weight is 273 g/mol. The number of carbonyl (C=O) groups excluding carboxylic acids is 1. The first kappa shape index (κ1) is 15.8. The number of ether oxygens (including phenoxy) is 1. The van der Waals surface area contributed by atoms with Crippen molar-refractivity contribution in [2.45, 2.75) is 57.4 Å². The van der Waals surface area contributed by atoms with Crippen molar-refractivity contribution in [2.75, 3.05) is 18.6 Å². The lowest BCUT2D eigenvalue weighted by Gasteiger charge is -2.21. The van der Waals surface area contributed by atoms with Gasteiger partial charge in [0.15, 0.2) is 0 Å². The number of esters is 1. The summed E-state index contributed by atoms with van der Waals surface area (Å²) in [6, 6.07) is 0.